The molecular weight excluding hydrogens is 219 g/mol. The van der Waals surface area contributed by atoms with Gasteiger partial charge in [0.1, 0.15) is 0 Å². The zero-order chi connectivity index (χ0) is 9.97. The van der Waals surface area contributed by atoms with E-state index >= 15 is 0 Å². The van der Waals surface area contributed by atoms with Crippen molar-refractivity contribution < 1.29 is 9.05 Å². The largest absolute Gasteiger partial charge is 0.334 e. The first-order valence-corrected chi connectivity index (χ1v) is 6.55. The van der Waals surface area contributed by atoms with Crippen LogP contribution >= 0.6 is 20.0 Å². The van der Waals surface area contributed by atoms with E-state index in [0.717, 1.165) is 23.6 Å². The molecule has 0 radical (unpaired) electrons. The van der Waals surface area contributed by atoms with Gasteiger partial charge in [0.05, 0.1) is 12.7 Å². The van der Waals surface area contributed by atoms with E-state index in [2.05, 4.69) is 0 Å². The van der Waals surface area contributed by atoms with Crippen LogP contribution in [0.3, 0.4) is 0 Å². The van der Waals surface area contributed by atoms with Crippen molar-refractivity contribution in [2.45, 2.75) is 12.5 Å². The maximum Gasteiger partial charge on any atom is 0.167 e. The Labute approximate surface area is 90.1 Å². The lowest BCUT2D eigenvalue weighted by Gasteiger charge is -2.27. The first-order chi connectivity index (χ1) is 6.75. The van der Waals surface area contributed by atoms with Crippen LogP contribution in [-0.2, 0) is 9.05 Å². The highest BCUT2D eigenvalue weighted by Crippen LogP contribution is 2.45. The fourth-order valence-corrected chi connectivity index (χ4v) is 2.69. The monoisotopic (exact) mass is 230 g/mol. The van der Waals surface area contributed by atoms with Crippen LogP contribution < -0.4 is 0 Å². The third kappa shape index (κ3) is 2.46. The van der Waals surface area contributed by atoms with Gasteiger partial charge in [-0.1, -0.05) is 23.7 Å². The van der Waals surface area contributed by atoms with Gasteiger partial charge < -0.3 is 9.05 Å². The minimum Gasteiger partial charge on any atom is -0.334 e. The Hall–Kier alpha value is -0.140. The van der Waals surface area contributed by atoms with Crippen molar-refractivity contribution in [3.63, 3.8) is 0 Å². The standard InChI is InChI=1S/C10H12ClO2P/c1-14-12-6-5-10(13-14)8-3-2-4-9(11)7-8/h2-4,7,10H,5-6H2,1H3. The maximum absolute atomic E-state index is 5.92. The van der Waals surface area contributed by atoms with Crippen LogP contribution in [0.5, 0.6) is 0 Å². The molecule has 4 heteroatoms. The molecule has 76 valence electrons. The predicted octanol–water partition coefficient (Wildman–Crippen LogP) is 3.76. The summed E-state index contributed by atoms with van der Waals surface area (Å²) in [5, 5.41) is 0.762. The van der Waals surface area contributed by atoms with Gasteiger partial charge in [-0.3, -0.25) is 0 Å². The Morgan fingerprint density at radius 3 is 3.07 bits per heavy atom. The summed E-state index contributed by atoms with van der Waals surface area (Å²) in [5.41, 5.74) is 1.15. The first kappa shape index (κ1) is 10.4. The van der Waals surface area contributed by atoms with Crippen molar-refractivity contribution in [1.29, 1.82) is 0 Å². The van der Waals surface area contributed by atoms with E-state index in [1.807, 2.05) is 30.9 Å². The summed E-state index contributed by atoms with van der Waals surface area (Å²) in [5.74, 6) is 0. The average molecular weight is 231 g/mol. The molecule has 14 heavy (non-hydrogen) atoms. The highest BCUT2D eigenvalue weighted by molar-refractivity contribution is 7.46. The molecule has 0 aliphatic carbocycles. The second-order valence-electron chi connectivity index (χ2n) is 3.21. The Morgan fingerprint density at radius 1 is 1.50 bits per heavy atom. The molecule has 1 aromatic rings. The molecule has 1 aliphatic heterocycles. The normalized spacial score (nSPS) is 27.6. The highest BCUT2D eigenvalue weighted by Gasteiger charge is 2.21. The quantitative estimate of drug-likeness (QED) is 0.684. The van der Waals surface area contributed by atoms with Crippen molar-refractivity contribution in [1.82, 2.24) is 0 Å². The molecule has 0 amide bonds. The van der Waals surface area contributed by atoms with Gasteiger partial charge in [-0.15, -0.1) is 0 Å². The van der Waals surface area contributed by atoms with Gasteiger partial charge in [0.2, 0.25) is 0 Å². The van der Waals surface area contributed by atoms with E-state index in [9.17, 15) is 0 Å². The fraction of sp³-hybridized carbons (Fsp3) is 0.400. The van der Waals surface area contributed by atoms with Gasteiger partial charge in [-0.2, -0.15) is 0 Å². The third-order valence-corrected chi connectivity index (χ3v) is 3.48. The average Bonchev–Trinajstić information content (AvgIpc) is 2.18. The van der Waals surface area contributed by atoms with Crippen LogP contribution in [-0.4, -0.2) is 13.3 Å². The van der Waals surface area contributed by atoms with Gasteiger partial charge in [-0.25, -0.2) is 0 Å². The summed E-state index contributed by atoms with van der Waals surface area (Å²) >= 11 is 5.92. The molecule has 0 saturated carbocycles. The van der Waals surface area contributed by atoms with E-state index in [0.29, 0.717) is 0 Å². The first-order valence-electron chi connectivity index (χ1n) is 4.54. The molecule has 2 nitrogen and oxygen atoms in total. The molecule has 0 N–H and O–H groups in total. The molecule has 1 saturated heterocycles. The Morgan fingerprint density at radius 2 is 2.36 bits per heavy atom. The summed E-state index contributed by atoms with van der Waals surface area (Å²) in [6.45, 7) is 2.76. The molecule has 1 fully saturated rings. The van der Waals surface area contributed by atoms with E-state index in [4.69, 9.17) is 20.6 Å². The lowest BCUT2D eigenvalue weighted by molar-refractivity contribution is 0.111. The van der Waals surface area contributed by atoms with Crippen molar-refractivity contribution in [2.75, 3.05) is 13.3 Å². The maximum atomic E-state index is 5.92. The minimum atomic E-state index is -0.707. The van der Waals surface area contributed by atoms with Crippen LogP contribution in [0.4, 0.5) is 0 Å². The molecule has 2 rings (SSSR count). The number of hydrogen-bond acceptors (Lipinski definition) is 2. The van der Waals surface area contributed by atoms with Gasteiger partial charge >= 0.3 is 0 Å². The SMILES string of the molecule is CP1OCCC(c2cccc(Cl)c2)O1. The Bertz CT molecular complexity index is 319. The zero-order valence-electron chi connectivity index (χ0n) is 7.94. The van der Waals surface area contributed by atoms with Crippen LogP contribution in [0.1, 0.15) is 18.1 Å². The number of benzene rings is 1. The van der Waals surface area contributed by atoms with Gasteiger partial charge in [-0.05, 0) is 17.7 Å². The molecule has 1 aromatic carbocycles. The minimum absolute atomic E-state index is 0.151. The molecule has 2 unspecified atom stereocenters. The fourth-order valence-electron chi connectivity index (χ4n) is 1.49. The third-order valence-electron chi connectivity index (χ3n) is 2.15. The predicted molar refractivity (Wildman–Crippen MR) is 58.7 cm³/mol. The topological polar surface area (TPSA) is 18.5 Å². The Balaban J connectivity index is 2.14. The smallest absolute Gasteiger partial charge is 0.167 e. The van der Waals surface area contributed by atoms with Crippen LogP contribution in [0.2, 0.25) is 5.02 Å². The lowest BCUT2D eigenvalue weighted by atomic mass is 10.1. The molecular formula is C10H12ClO2P. The molecule has 2 atom stereocenters. The molecule has 0 spiro atoms. The highest BCUT2D eigenvalue weighted by atomic mass is 35.5. The number of hydrogen-bond donors (Lipinski definition) is 0. The van der Waals surface area contributed by atoms with Crippen LogP contribution in [0.25, 0.3) is 0 Å². The summed E-state index contributed by atoms with van der Waals surface area (Å²) in [6.07, 6.45) is 1.06. The summed E-state index contributed by atoms with van der Waals surface area (Å²) < 4.78 is 11.1. The van der Waals surface area contributed by atoms with Crippen molar-refractivity contribution in [3.8, 4) is 0 Å². The van der Waals surface area contributed by atoms with Crippen LogP contribution in [0.15, 0.2) is 24.3 Å². The second kappa shape index (κ2) is 4.59. The van der Waals surface area contributed by atoms with Crippen molar-refractivity contribution in [3.05, 3.63) is 34.9 Å². The lowest BCUT2D eigenvalue weighted by Crippen LogP contribution is -2.10. The molecule has 1 aliphatic rings. The van der Waals surface area contributed by atoms with E-state index in [-0.39, 0.29) is 6.10 Å². The van der Waals surface area contributed by atoms with E-state index in [1.54, 1.807) is 0 Å². The Kier molecular flexibility index (Phi) is 3.40. The molecule has 1 heterocycles. The van der Waals surface area contributed by atoms with Crippen molar-refractivity contribution in [2.24, 2.45) is 0 Å². The summed E-state index contributed by atoms with van der Waals surface area (Å²) in [7, 11) is -0.707. The summed E-state index contributed by atoms with van der Waals surface area (Å²) in [4.78, 5) is 0. The second-order valence-corrected chi connectivity index (χ2v) is 5.00. The van der Waals surface area contributed by atoms with E-state index < -0.39 is 8.38 Å². The number of halogens is 1. The van der Waals surface area contributed by atoms with Gasteiger partial charge in [0, 0.05) is 18.1 Å². The van der Waals surface area contributed by atoms with Crippen molar-refractivity contribution >= 4 is 20.0 Å². The molecule has 0 bridgehead atoms. The molecule has 0 aromatic heterocycles. The van der Waals surface area contributed by atoms with Crippen LogP contribution in [0, 0.1) is 0 Å². The van der Waals surface area contributed by atoms with Gasteiger partial charge in [0.15, 0.2) is 8.38 Å². The van der Waals surface area contributed by atoms with E-state index in [1.165, 1.54) is 0 Å². The zero-order valence-corrected chi connectivity index (χ0v) is 9.59. The summed E-state index contributed by atoms with van der Waals surface area (Å²) in [6, 6.07) is 7.83. The van der Waals surface area contributed by atoms with Gasteiger partial charge in [0.25, 0.3) is 0 Å². The number of rotatable bonds is 1.